The van der Waals surface area contributed by atoms with Gasteiger partial charge in [0.05, 0.1) is 0 Å². The lowest BCUT2D eigenvalue weighted by molar-refractivity contribution is -0.121. The third kappa shape index (κ3) is 3.65. The number of hydrogen-bond acceptors (Lipinski definition) is 7. The van der Waals surface area contributed by atoms with Crippen molar-refractivity contribution in [2.75, 3.05) is 18.4 Å². The van der Waals surface area contributed by atoms with Crippen molar-refractivity contribution in [2.24, 2.45) is 5.92 Å². The van der Waals surface area contributed by atoms with Crippen molar-refractivity contribution in [3.63, 3.8) is 0 Å². The first-order chi connectivity index (χ1) is 13.6. The smallest absolute Gasteiger partial charge is 0.259 e. The summed E-state index contributed by atoms with van der Waals surface area (Å²) in [5, 5.41) is 14.9. The SMILES string of the molecule is Cc1onc(-c2ccccc2)c1C(=O)N1CCC(C(=O)Nc2nncs2)CC1. The number of rotatable bonds is 4. The van der Waals surface area contributed by atoms with E-state index >= 15 is 0 Å². The Morgan fingerprint density at radius 3 is 2.64 bits per heavy atom. The van der Waals surface area contributed by atoms with E-state index in [2.05, 4.69) is 20.7 Å². The molecule has 0 bridgehead atoms. The number of nitrogens with zero attached hydrogens (tertiary/aromatic N) is 4. The summed E-state index contributed by atoms with van der Waals surface area (Å²) < 4.78 is 5.31. The summed E-state index contributed by atoms with van der Waals surface area (Å²) in [7, 11) is 0. The molecule has 1 aliphatic heterocycles. The van der Waals surface area contributed by atoms with Gasteiger partial charge in [0.1, 0.15) is 22.5 Å². The molecule has 1 aliphatic rings. The lowest BCUT2D eigenvalue weighted by Crippen LogP contribution is -2.41. The topological polar surface area (TPSA) is 101 Å². The molecule has 0 spiro atoms. The molecule has 0 aliphatic carbocycles. The fourth-order valence-electron chi connectivity index (χ4n) is 3.35. The number of likely N-dealkylation sites (tertiary alicyclic amines) is 1. The van der Waals surface area contributed by atoms with Gasteiger partial charge in [-0.15, -0.1) is 10.2 Å². The zero-order valence-corrected chi connectivity index (χ0v) is 16.1. The van der Waals surface area contributed by atoms with Crippen molar-refractivity contribution in [3.8, 4) is 11.3 Å². The minimum Gasteiger partial charge on any atom is -0.360 e. The minimum absolute atomic E-state index is 0.0741. The zero-order chi connectivity index (χ0) is 19.5. The third-order valence-corrected chi connectivity index (χ3v) is 5.47. The average molecular weight is 397 g/mol. The number of amides is 2. The first-order valence-corrected chi connectivity index (χ1v) is 9.89. The molecular weight excluding hydrogens is 378 g/mol. The maximum atomic E-state index is 13.1. The van der Waals surface area contributed by atoms with Crippen molar-refractivity contribution < 1.29 is 14.1 Å². The standard InChI is InChI=1S/C19H19N5O3S/c1-12-15(16(23-27-12)13-5-3-2-4-6-13)18(26)24-9-7-14(8-10-24)17(25)21-19-22-20-11-28-19/h2-6,11,14H,7-10H2,1H3,(H,21,22,25). The lowest BCUT2D eigenvalue weighted by Gasteiger charge is -2.31. The van der Waals surface area contributed by atoms with E-state index in [4.69, 9.17) is 4.52 Å². The summed E-state index contributed by atoms with van der Waals surface area (Å²) in [6.45, 7) is 2.76. The largest absolute Gasteiger partial charge is 0.360 e. The molecule has 144 valence electrons. The molecule has 1 aromatic carbocycles. The van der Waals surface area contributed by atoms with Gasteiger partial charge in [0.15, 0.2) is 0 Å². The minimum atomic E-state index is -0.148. The van der Waals surface area contributed by atoms with Crippen molar-refractivity contribution in [1.82, 2.24) is 20.3 Å². The van der Waals surface area contributed by atoms with Crippen LogP contribution in [0.4, 0.5) is 5.13 Å². The van der Waals surface area contributed by atoms with Crippen LogP contribution in [0.1, 0.15) is 29.0 Å². The average Bonchev–Trinajstić information content (AvgIpc) is 3.38. The lowest BCUT2D eigenvalue weighted by atomic mass is 9.95. The number of hydrogen-bond donors (Lipinski definition) is 1. The molecule has 2 amide bonds. The summed E-state index contributed by atoms with van der Waals surface area (Å²) in [5.41, 5.74) is 3.46. The molecule has 1 saturated heterocycles. The van der Waals surface area contributed by atoms with E-state index < -0.39 is 0 Å². The maximum absolute atomic E-state index is 13.1. The van der Waals surface area contributed by atoms with Gasteiger partial charge in [-0.3, -0.25) is 9.59 Å². The zero-order valence-electron chi connectivity index (χ0n) is 15.3. The molecular formula is C19H19N5O3S. The first kappa shape index (κ1) is 18.3. The number of nitrogens with one attached hydrogen (secondary N) is 1. The van der Waals surface area contributed by atoms with Gasteiger partial charge in [0.2, 0.25) is 11.0 Å². The fraction of sp³-hybridized carbons (Fsp3) is 0.316. The summed E-state index contributed by atoms with van der Waals surface area (Å²) >= 11 is 1.28. The number of carbonyl (C=O) groups is 2. The van der Waals surface area contributed by atoms with E-state index in [-0.39, 0.29) is 17.7 Å². The van der Waals surface area contributed by atoms with Gasteiger partial charge in [-0.25, -0.2) is 0 Å². The van der Waals surface area contributed by atoms with E-state index in [1.165, 1.54) is 11.3 Å². The first-order valence-electron chi connectivity index (χ1n) is 9.01. The van der Waals surface area contributed by atoms with Crippen LogP contribution in [0.5, 0.6) is 0 Å². The third-order valence-electron chi connectivity index (χ3n) is 4.87. The molecule has 0 atom stereocenters. The van der Waals surface area contributed by atoms with E-state index in [1.54, 1.807) is 17.3 Å². The van der Waals surface area contributed by atoms with Crippen molar-refractivity contribution in [2.45, 2.75) is 19.8 Å². The van der Waals surface area contributed by atoms with Crippen LogP contribution in [0.25, 0.3) is 11.3 Å². The van der Waals surface area contributed by atoms with Crippen LogP contribution >= 0.6 is 11.3 Å². The molecule has 3 aromatic rings. The second kappa shape index (κ2) is 7.89. The van der Waals surface area contributed by atoms with Gasteiger partial charge in [-0.2, -0.15) is 0 Å². The number of benzene rings is 1. The molecule has 1 N–H and O–H groups in total. The molecule has 1 fully saturated rings. The molecule has 8 nitrogen and oxygen atoms in total. The van der Waals surface area contributed by atoms with Gasteiger partial charge in [0.25, 0.3) is 5.91 Å². The van der Waals surface area contributed by atoms with Crippen molar-refractivity contribution in [1.29, 1.82) is 0 Å². The number of aryl methyl sites for hydroxylation is 1. The molecule has 2 aromatic heterocycles. The van der Waals surface area contributed by atoms with Crippen LogP contribution < -0.4 is 5.32 Å². The fourth-order valence-corrected chi connectivity index (χ4v) is 3.80. The monoisotopic (exact) mass is 397 g/mol. The second-order valence-corrected chi connectivity index (χ2v) is 7.46. The highest BCUT2D eigenvalue weighted by molar-refractivity contribution is 7.13. The second-order valence-electron chi connectivity index (χ2n) is 6.63. The summed E-state index contributed by atoms with van der Waals surface area (Å²) in [4.78, 5) is 27.2. The number of piperidine rings is 1. The Labute approximate surface area is 165 Å². The maximum Gasteiger partial charge on any atom is 0.259 e. The quantitative estimate of drug-likeness (QED) is 0.726. The summed E-state index contributed by atoms with van der Waals surface area (Å²) in [6, 6.07) is 9.51. The molecule has 28 heavy (non-hydrogen) atoms. The number of aromatic nitrogens is 3. The van der Waals surface area contributed by atoms with E-state index in [1.807, 2.05) is 30.3 Å². The predicted molar refractivity (Wildman–Crippen MR) is 104 cm³/mol. The Hall–Kier alpha value is -3.07. The molecule has 0 saturated carbocycles. The Kier molecular flexibility index (Phi) is 5.16. The van der Waals surface area contributed by atoms with Crippen LogP contribution in [0, 0.1) is 12.8 Å². The molecule has 3 heterocycles. The van der Waals surface area contributed by atoms with E-state index in [0.717, 1.165) is 5.56 Å². The van der Waals surface area contributed by atoms with Gasteiger partial charge in [-0.05, 0) is 19.8 Å². The number of anilines is 1. The Balaban J connectivity index is 1.44. The molecule has 9 heteroatoms. The molecule has 0 unspecified atom stereocenters. The highest BCUT2D eigenvalue weighted by Gasteiger charge is 2.31. The Bertz CT molecular complexity index is 963. The molecule has 4 rings (SSSR count). The normalized spacial score (nSPS) is 14.8. The van der Waals surface area contributed by atoms with E-state index in [9.17, 15) is 9.59 Å². The van der Waals surface area contributed by atoms with Crippen LogP contribution in [0.2, 0.25) is 0 Å². The summed E-state index contributed by atoms with van der Waals surface area (Å²) in [5.74, 6) is 0.167. The van der Waals surface area contributed by atoms with Crippen LogP contribution in [0.15, 0.2) is 40.4 Å². The number of carbonyl (C=O) groups excluding carboxylic acids is 2. The predicted octanol–water partition coefficient (Wildman–Crippen LogP) is 2.99. The van der Waals surface area contributed by atoms with Gasteiger partial charge in [-0.1, -0.05) is 46.8 Å². The van der Waals surface area contributed by atoms with Gasteiger partial charge in [0, 0.05) is 24.6 Å². The van der Waals surface area contributed by atoms with E-state index in [0.29, 0.717) is 48.1 Å². The highest BCUT2D eigenvalue weighted by atomic mass is 32.1. The Morgan fingerprint density at radius 2 is 1.96 bits per heavy atom. The Morgan fingerprint density at radius 1 is 1.21 bits per heavy atom. The summed E-state index contributed by atoms with van der Waals surface area (Å²) in [6.07, 6.45) is 1.20. The van der Waals surface area contributed by atoms with Crippen LogP contribution in [0.3, 0.4) is 0 Å². The molecule has 0 radical (unpaired) electrons. The van der Waals surface area contributed by atoms with Crippen LogP contribution in [-0.2, 0) is 4.79 Å². The van der Waals surface area contributed by atoms with Crippen LogP contribution in [-0.4, -0.2) is 45.2 Å². The van der Waals surface area contributed by atoms with Gasteiger partial charge >= 0.3 is 0 Å². The van der Waals surface area contributed by atoms with Crippen molar-refractivity contribution >= 4 is 28.3 Å². The van der Waals surface area contributed by atoms with Gasteiger partial charge < -0.3 is 14.7 Å². The van der Waals surface area contributed by atoms with Crippen molar-refractivity contribution in [3.05, 3.63) is 47.2 Å². The highest BCUT2D eigenvalue weighted by Crippen LogP contribution is 2.28.